The van der Waals surface area contributed by atoms with E-state index in [4.69, 9.17) is 10.2 Å². The molecule has 0 fully saturated rings. The first kappa shape index (κ1) is 20.6. The minimum Gasteiger partial charge on any atom is -0.449 e. The summed E-state index contributed by atoms with van der Waals surface area (Å²) in [6.45, 7) is 5.87. The Labute approximate surface area is 149 Å². The van der Waals surface area contributed by atoms with Gasteiger partial charge in [0.25, 0.3) is 0 Å². The van der Waals surface area contributed by atoms with E-state index in [9.17, 15) is 8.42 Å². The topological polar surface area (TPSA) is 98.2 Å². The zero-order valence-electron chi connectivity index (χ0n) is 14.1. The van der Waals surface area contributed by atoms with Crippen LogP contribution in [0.15, 0.2) is 39.8 Å². The van der Waals surface area contributed by atoms with Crippen LogP contribution in [-0.2, 0) is 10.0 Å². The largest absolute Gasteiger partial charge is 0.449 e. The molecule has 0 spiro atoms. The first-order valence-corrected chi connectivity index (χ1v) is 9.09. The minimum atomic E-state index is -3.58. The number of hydrogen-bond acceptors (Lipinski definition) is 5. The Morgan fingerprint density at radius 2 is 1.79 bits per heavy atom. The molecule has 0 saturated carbocycles. The second-order valence-electron chi connectivity index (χ2n) is 5.67. The maximum atomic E-state index is 12.4. The Kier molecular flexibility index (Phi) is 6.97. The smallest absolute Gasteiger partial charge is 0.240 e. The van der Waals surface area contributed by atoms with E-state index in [2.05, 4.69) is 9.71 Å². The van der Waals surface area contributed by atoms with Crippen LogP contribution in [0.4, 0.5) is 0 Å². The van der Waals surface area contributed by atoms with Gasteiger partial charge >= 0.3 is 0 Å². The van der Waals surface area contributed by atoms with Gasteiger partial charge in [0.1, 0.15) is 12.0 Å². The maximum absolute atomic E-state index is 12.4. The molecule has 134 valence electrons. The highest BCUT2D eigenvalue weighted by atomic mass is 35.5. The molecule has 0 atom stereocenters. The van der Waals surface area contributed by atoms with E-state index in [1.54, 1.807) is 37.5 Å². The molecule has 6 nitrogen and oxygen atoms in total. The summed E-state index contributed by atoms with van der Waals surface area (Å²) >= 11 is 0. The van der Waals surface area contributed by atoms with Crippen LogP contribution >= 0.6 is 12.4 Å². The molecule has 1 heterocycles. The fraction of sp³-hybridized carbons (Fsp3) is 0.438. The SMILES string of the molecule is CCC(N)(CC)CNS(=O)(=O)c1ccc(-c2coc(C)n2)cc1.Cl. The van der Waals surface area contributed by atoms with Crippen LogP contribution in [0.5, 0.6) is 0 Å². The minimum absolute atomic E-state index is 0. The van der Waals surface area contributed by atoms with E-state index in [1.165, 1.54) is 0 Å². The molecule has 1 aromatic heterocycles. The van der Waals surface area contributed by atoms with Gasteiger partial charge < -0.3 is 10.2 Å². The Morgan fingerprint density at radius 3 is 2.25 bits per heavy atom. The Balaban J connectivity index is 0.00000288. The number of sulfonamides is 1. The second kappa shape index (κ2) is 8.11. The van der Waals surface area contributed by atoms with E-state index in [1.807, 2.05) is 13.8 Å². The van der Waals surface area contributed by atoms with Gasteiger partial charge in [-0.2, -0.15) is 0 Å². The van der Waals surface area contributed by atoms with Crippen LogP contribution in [-0.4, -0.2) is 25.5 Å². The lowest BCUT2D eigenvalue weighted by atomic mass is 9.95. The molecule has 0 saturated heterocycles. The van der Waals surface area contributed by atoms with Gasteiger partial charge in [0.15, 0.2) is 5.89 Å². The summed E-state index contributed by atoms with van der Waals surface area (Å²) in [5.41, 5.74) is 7.10. The normalized spacial score (nSPS) is 12.0. The highest BCUT2D eigenvalue weighted by Gasteiger charge is 2.24. The molecule has 2 aromatic rings. The molecule has 0 aliphatic carbocycles. The molecule has 24 heavy (non-hydrogen) atoms. The Morgan fingerprint density at radius 1 is 1.21 bits per heavy atom. The fourth-order valence-electron chi connectivity index (χ4n) is 2.12. The van der Waals surface area contributed by atoms with Gasteiger partial charge in [-0.05, 0) is 25.0 Å². The maximum Gasteiger partial charge on any atom is 0.240 e. The monoisotopic (exact) mass is 373 g/mol. The number of aromatic nitrogens is 1. The number of benzene rings is 1. The van der Waals surface area contributed by atoms with Crippen molar-refractivity contribution in [2.75, 3.05) is 6.54 Å². The molecule has 1 aromatic carbocycles. The van der Waals surface area contributed by atoms with Crippen molar-refractivity contribution in [2.24, 2.45) is 5.73 Å². The molecule has 3 N–H and O–H groups in total. The first-order chi connectivity index (χ1) is 10.8. The molecule has 0 unspecified atom stereocenters. The van der Waals surface area contributed by atoms with E-state index in [0.717, 1.165) is 5.56 Å². The zero-order valence-corrected chi connectivity index (χ0v) is 15.7. The molecule has 0 aliphatic heterocycles. The fourth-order valence-corrected chi connectivity index (χ4v) is 3.26. The van der Waals surface area contributed by atoms with Crippen LogP contribution in [0.2, 0.25) is 0 Å². The zero-order chi connectivity index (χ0) is 17.1. The molecular weight excluding hydrogens is 350 g/mol. The van der Waals surface area contributed by atoms with E-state index in [-0.39, 0.29) is 23.8 Å². The predicted octanol–water partition coefficient (Wildman–Crippen LogP) is 2.87. The lowest BCUT2D eigenvalue weighted by molar-refractivity contribution is 0.392. The molecule has 0 aliphatic rings. The molecule has 0 amide bonds. The Bertz CT molecular complexity index is 753. The van der Waals surface area contributed by atoms with Gasteiger partial charge in [-0.25, -0.2) is 18.1 Å². The number of oxazole rings is 1. The first-order valence-electron chi connectivity index (χ1n) is 7.61. The summed E-state index contributed by atoms with van der Waals surface area (Å²) in [4.78, 5) is 4.42. The summed E-state index contributed by atoms with van der Waals surface area (Å²) in [7, 11) is -3.58. The van der Waals surface area contributed by atoms with Crippen molar-refractivity contribution in [3.8, 4) is 11.3 Å². The van der Waals surface area contributed by atoms with Gasteiger partial charge in [0.05, 0.1) is 4.90 Å². The van der Waals surface area contributed by atoms with Crippen molar-refractivity contribution in [3.63, 3.8) is 0 Å². The highest BCUT2D eigenvalue weighted by molar-refractivity contribution is 7.89. The van der Waals surface area contributed by atoms with Crippen molar-refractivity contribution >= 4 is 22.4 Å². The third kappa shape index (κ3) is 4.80. The van der Waals surface area contributed by atoms with Crippen molar-refractivity contribution in [1.29, 1.82) is 0 Å². The van der Waals surface area contributed by atoms with Gasteiger partial charge in [-0.3, -0.25) is 0 Å². The van der Waals surface area contributed by atoms with E-state index in [0.29, 0.717) is 24.4 Å². The predicted molar refractivity (Wildman–Crippen MR) is 96.6 cm³/mol. The average Bonchev–Trinajstić information content (AvgIpc) is 2.99. The number of nitrogens with two attached hydrogens (primary N) is 1. The molecule has 0 bridgehead atoms. The number of nitrogens with zero attached hydrogens (tertiary/aromatic N) is 1. The van der Waals surface area contributed by atoms with E-state index >= 15 is 0 Å². The van der Waals surface area contributed by atoms with Crippen molar-refractivity contribution < 1.29 is 12.8 Å². The number of halogens is 1. The molecule has 0 radical (unpaired) electrons. The molecular formula is C16H24ClN3O3S. The third-order valence-electron chi connectivity index (χ3n) is 4.10. The van der Waals surface area contributed by atoms with Crippen LogP contribution in [0, 0.1) is 6.92 Å². The van der Waals surface area contributed by atoms with Gasteiger partial charge in [0.2, 0.25) is 10.0 Å². The van der Waals surface area contributed by atoms with Crippen LogP contribution < -0.4 is 10.5 Å². The lowest BCUT2D eigenvalue weighted by Gasteiger charge is -2.26. The second-order valence-corrected chi connectivity index (χ2v) is 7.44. The van der Waals surface area contributed by atoms with Gasteiger partial charge in [-0.15, -0.1) is 12.4 Å². The van der Waals surface area contributed by atoms with Gasteiger partial charge in [0, 0.05) is 24.6 Å². The van der Waals surface area contributed by atoms with Crippen molar-refractivity contribution in [3.05, 3.63) is 36.4 Å². The van der Waals surface area contributed by atoms with Crippen LogP contribution in [0.3, 0.4) is 0 Å². The lowest BCUT2D eigenvalue weighted by Crippen LogP contribution is -2.49. The number of aryl methyl sites for hydroxylation is 1. The molecule has 8 heteroatoms. The summed E-state index contributed by atoms with van der Waals surface area (Å²) < 4.78 is 32.5. The summed E-state index contributed by atoms with van der Waals surface area (Å²) in [6, 6.07) is 6.53. The highest BCUT2D eigenvalue weighted by Crippen LogP contribution is 2.21. The number of hydrogen-bond donors (Lipinski definition) is 2. The van der Waals surface area contributed by atoms with Crippen LogP contribution in [0.1, 0.15) is 32.6 Å². The van der Waals surface area contributed by atoms with E-state index < -0.39 is 15.6 Å². The number of rotatable bonds is 7. The summed E-state index contributed by atoms with van der Waals surface area (Å²) in [6.07, 6.45) is 2.95. The average molecular weight is 374 g/mol. The standard InChI is InChI=1S/C16H23N3O3S.ClH/c1-4-16(17,5-2)11-18-23(20,21)14-8-6-13(7-9-14)15-10-22-12(3)19-15;/h6-10,18H,4-5,11,17H2,1-3H3;1H. The van der Waals surface area contributed by atoms with Crippen molar-refractivity contribution in [2.45, 2.75) is 44.0 Å². The molecule has 2 rings (SSSR count). The summed E-state index contributed by atoms with van der Waals surface area (Å²) in [5.74, 6) is 0.566. The third-order valence-corrected chi connectivity index (χ3v) is 5.52. The quantitative estimate of drug-likeness (QED) is 0.777. The summed E-state index contributed by atoms with van der Waals surface area (Å²) in [5, 5.41) is 0. The van der Waals surface area contributed by atoms with Crippen molar-refractivity contribution in [1.82, 2.24) is 9.71 Å². The number of nitrogens with one attached hydrogen (secondary N) is 1. The van der Waals surface area contributed by atoms with Crippen LogP contribution in [0.25, 0.3) is 11.3 Å². The van der Waals surface area contributed by atoms with Gasteiger partial charge in [-0.1, -0.05) is 26.0 Å². The Hall–Kier alpha value is -1.41.